The van der Waals surface area contributed by atoms with E-state index < -0.39 is 17.9 Å². The third kappa shape index (κ3) is 5.34. The third-order valence-electron chi connectivity index (χ3n) is 3.35. The Labute approximate surface area is 133 Å². The maximum atomic E-state index is 11.9. The normalized spacial score (nSPS) is 13.9. The van der Waals surface area contributed by atoms with Crippen LogP contribution in [0.25, 0.3) is 6.08 Å². The highest BCUT2D eigenvalue weighted by molar-refractivity contribution is 9.10. The van der Waals surface area contributed by atoms with Crippen LogP contribution in [0, 0.1) is 12.8 Å². The van der Waals surface area contributed by atoms with Gasteiger partial charge in [0, 0.05) is 10.5 Å². The fourth-order valence-electron chi connectivity index (χ4n) is 1.82. The Balaban J connectivity index is 2.76. The molecular formula is C16H20BrNO3. The van der Waals surface area contributed by atoms with Crippen LogP contribution in [-0.4, -0.2) is 23.0 Å². The van der Waals surface area contributed by atoms with E-state index in [4.69, 9.17) is 5.11 Å². The molecular weight excluding hydrogens is 334 g/mol. The highest BCUT2D eigenvalue weighted by Gasteiger charge is 2.24. The molecule has 1 aromatic carbocycles. The van der Waals surface area contributed by atoms with E-state index >= 15 is 0 Å². The van der Waals surface area contributed by atoms with Crippen molar-refractivity contribution in [2.45, 2.75) is 33.2 Å². The standard InChI is InChI=1S/C16H20BrNO3/c1-4-11(3)15(16(20)21)18-14(19)8-7-12-6-5-10(2)9-13(12)17/h5-9,11,15H,4H2,1-3H3,(H,18,19)(H,20,21)/t11?,15-/m0/s1. The number of nitrogens with one attached hydrogen (secondary N) is 1. The van der Waals surface area contributed by atoms with Crippen molar-refractivity contribution in [1.82, 2.24) is 5.32 Å². The number of carboxylic acid groups (broad SMARTS) is 1. The van der Waals surface area contributed by atoms with E-state index in [1.54, 1.807) is 13.0 Å². The lowest BCUT2D eigenvalue weighted by Crippen LogP contribution is -2.44. The molecule has 1 rings (SSSR count). The summed E-state index contributed by atoms with van der Waals surface area (Å²) in [5.41, 5.74) is 1.98. The molecule has 0 saturated heterocycles. The molecule has 114 valence electrons. The van der Waals surface area contributed by atoms with Gasteiger partial charge in [-0.25, -0.2) is 4.79 Å². The smallest absolute Gasteiger partial charge is 0.326 e. The average Bonchev–Trinajstić information content (AvgIpc) is 2.42. The first kappa shape index (κ1) is 17.4. The van der Waals surface area contributed by atoms with Gasteiger partial charge in [0.2, 0.25) is 5.91 Å². The Morgan fingerprint density at radius 1 is 1.43 bits per heavy atom. The van der Waals surface area contributed by atoms with Gasteiger partial charge in [-0.05, 0) is 36.1 Å². The van der Waals surface area contributed by atoms with E-state index in [1.165, 1.54) is 6.08 Å². The summed E-state index contributed by atoms with van der Waals surface area (Å²) in [6.45, 7) is 5.68. The Bertz CT molecular complexity index is 554. The van der Waals surface area contributed by atoms with E-state index in [-0.39, 0.29) is 5.92 Å². The van der Waals surface area contributed by atoms with Crippen LogP contribution in [0.4, 0.5) is 0 Å². The van der Waals surface area contributed by atoms with Crippen molar-refractivity contribution in [3.8, 4) is 0 Å². The zero-order chi connectivity index (χ0) is 16.0. The number of aryl methyl sites for hydroxylation is 1. The van der Waals surface area contributed by atoms with Crippen molar-refractivity contribution in [3.05, 3.63) is 39.9 Å². The van der Waals surface area contributed by atoms with Gasteiger partial charge >= 0.3 is 5.97 Å². The fourth-order valence-corrected chi connectivity index (χ4v) is 2.44. The molecule has 2 N–H and O–H groups in total. The van der Waals surface area contributed by atoms with Crippen molar-refractivity contribution in [3.63, 3.8) is 0 Å². The van der Waals surface area contributed by atoms with Crippen LogP contribution in [0.3, 0.4) is 0 Å². The van der Waals surface area contributed by atoms with Crippen molar-refractivity contribution in [1.29, 1.82) is 0 Å². The third-order valence-corrected chi connectivity index (χ3v) is 4.03. The first-order valence-corrected chi connectivity index (χ1v) is 7.62. The second kappa shape index (κ2) is 7.98. The lowest BCUT2D eigenvalue weighted by Gasteiger charge is -2.19. The van der Waals surface area contributed by atoms with Crippen LogP contribution in [0.1, 0.15) is 31.4 Å². The SMILES string of the molecule is CCC(C)[C@H](NC(=O)C=Cc1ccc(C)cc1Br)C(=O)O. The molecule has 0 aliphatic carbocycles. The molecule has 21 heavy (non-hydrogen) atoms. The molecule has 1 unspecified atom stereocenters. The van der Waals surface area contributed by atoms with Gasteiger partial charge in [-0.15, -0.1) is 0 Å². The minimum Gasteiger partial charge on any atom is -0.480 e. The number of carboxylic acids is 1. The molecule has 0 bridgehead atoms. The molecule has 0 heterocycles. The van der Waals surface area contributed by atoms with E-state index in [2.05, 4.69) is 21.2 Å². The molecule has 0 spiro atoms. The van der Waals surface area contributed by atoms with Crippen LogP contribution in [0.15, 0.2) is 28.7 Å². The van der Waals surface area contributed by atoms with Crippen LogP contribution in [-0.2, 0) is 9.59 Å². The van der Waals surface area contributed by atoms with Gasteiger partial charge in [0.25, 0.3) is 0 Å². The van der Waals surface area contributed by atoms with Crippen LogP contribution in [0.5, 0.6) is 0 Å². The van der Waals surface area contributed by atoms with Crippen molar-refractivity contribution < 1.29 is 14.7 Å². The molecule has 1 aromatic rings. The summed E-state index contributed by atoms with van der Waals surface area (Å²) >= 11 is 3.43. The summed E-state index contributed by atoms with van der Waals surface area (Å²) in [5.74, 6) is -1.54. The molecule has 0 aliphatic heterocycles. The predicted molar refractivity (Wildman–Crippen MR) is 86.9 cm³/mol. The van der Waals surface area contributed by atoms with E-state index in [9.17, 15) is 9.59 Å². The lowest BCUT2D eigenvalue weighted by molar-refractivity contribution is -0.142. The summed E-state index contributed by atoms with van der Waals surface area (Å²) in [6.07, 6.45) is 3.70. The minimum atomic E-state index is -1.01. The highest BCUT2D eigenvalue weighted by Crippen LogP contribution is 2.19. The molecule has 2 atom stereocenters. The molecule has 1 amide bonds. The minimum absolute atomic E-state index is 0.119. The Morgan fingerprint density at radius 2 is 2.10 bits per heavy atom. The summed E-state index contributed by atoms with van der Waals surface area (Å²) in [4.78, 5) is 23.0. The molecule has 5 heteroatoms. The summed E-state index contributed by atoms with van der Waals surface area (Å²) in [7, 11) is 0. The molecule has 0 fully saturated rings. The second-order valence-electron chi connectivity index (χ2n) is 5.07. The van der Waals surface area contributed by atoms with Gasteiger partial charge in [-0.3, -0.25) is 4.79 Å². The monoisotopic (exact) mass is 353 g/mol. The average molecular weight is 354 g/mol. The quantitative estimate of drug-likeness (QED) is 0.770. The maximum Gasteiger partial charge on any atom is 0.326 e. The topological polar surface area (TPSA) is 66.4 Å². The number of aliphatic carboxylic acids is 1. The van der Waals surface area contributed by atoms with Gasteiger partial charge in [0.1, 0.15) is 6.04 Å². The Morgan fingerprint density at radius 3 is 2.62 bits per heavy atom. The van der Waals surface area contributed by atoms with Crippen LogP contribution < -0.4 is 5.32 Å². The molecule has 0 saturated carbocycles. The number of rotatable bonds is 6. The fraction of sp³-hybridized carbons (Fsp3) is 0.375. The van der Waals surface area contributed by atoms with Gasteiger partial charge in [0.15, 0.2) is 0 Å². The lowest BCUT2D eigenvalue weighted by atomic mass is 9.99. The molecule has 0 aromatic heterocycles. The first-order chi connectivity index (χ1) is 9.85. The van der Waals surface area contributed by atoms with Crippen molar-refractivity contribution in [2.24, 2.45) is 5.92 Å². The van der Waals surface area contributed by atoms with Gasteiger partial charge in [-0.1, -0.05) is 48.3 Å². The zero-order valence-corrected chi connectivity index (χ0v) is 14.0. The summed E-state index contributed by atoms with van der Waals surface area (Å²) in [5, 5.41) is 11.7. The molecule has 0 radical (unpaired) electrons. The predicted octanol–water partition coefficient (Wildman–Crippen LogP) is 3.39. The number of benzene rings is 1. The van der Waals surface area contributed by atoms with Gasteiger partial charge < -0.3 is 10.4 Å². The van der Waals surface area contributed by atoms with E-state index in [1.807, 2.05) is 32.0 Å². The Hall–Kier alpha value is -1.62. The largest absolute Gasteiger partial charge is 0.480 e. The van der Waals surface area contributed by atoms with Gasteiger partial charge in [0.05, 0.1) is 0 Å². The number of hydrogen-bond acceptors (Lipinski definition) is 2. The number of amides is 1. The number of carbonyl (C=O) groups excluding carboxylic acids is 1. The number of hydrogen-bond donors (Lipinski definition) is 2. The van der Waals surface area contributed by atoms with Crippen LogP contribution in [0.2, 0.25) is 0 Å². The summed E-state index contributed by atoms with van der Waals surface area (Å²) in [6, 6.07) is 4.93. The number of halogens is 1. The highest BCUT2D eigenvalue weighted by atomic mass is 79.9. The Kier molecular flexibility index (Phi) is 6.62. The maximum absolute atomic E-state index is 11.9. The van der Waals surface area contributed by atoms with E-state index in [0.717, 1.165) is 15.6 Å². The molecule has 0 aliphatic rings. The van der Waals surface area contributed by atoms with Gasteiger partial charge in [-0.2, -0.15) is 0 Å². The summed E-state index contributed by atoms with van der Waals surface area (Å²) < 4.78 is 0.892. The van der Waals surface area contributed by atoms with Crippen molar-refractivity contribution >= 4 is 33.9 Å². The van der Waals surface area contributed by atoms with E-state index in [0.29, 0.717) is 6.42 Å². The van der Waals surface area contributed by atoms with Crippen molar-refractivity contribution in [2.75, 3.05) is 0 Å². The zero-order valence-electron chi connectivity index (χ0n) is 12.4. The first-order valence-electron chi connectivity index (χ1n) is 6.82. The van der Waals surface area contributed by atoms with Crippen LogP contribution >= 0.6 is 15.9 Å². The number of carbonyl (C=O) groups is 2. The molecule has 4 nitrogen and oxygen atoms in total. The second-order valence-corrected chi connectivity index (χ2v) is 5.92.